The van der Waals surface area contributed by atoms with Gasteiger partial charge in [0.25, 0.3) is 0 Å². The van der Waals surface area contributed by atoms with Gasteiger partial charge in [0.1, 0.15) is 0 Å². The molecule has 19 heavy (non-hydrogen) atoms. The molecule has 1 saturated heterocycles. The third-order valence-corrected chi connectivity index (χ3v) is 5.68. The van der Waals surface area contributed by atoms with Gasteiger partial charge in [-0.05, 0) is 46.2 Å². The van der Waals surface area contributed by atoms with Crippen LogP contribution >= 0.6 is 0 Å². The van der Waals surface area contributed by atoms with Gasteiger partial charge in [-0.1, -0.05) is 0 Å². The quantitative estimate of drug-likeness (QED) is 0.784. The van der Waals surface area contributed by atoms with Crippen LogP contribution in [0.4, 0.5) is 0 Å². The van der Waals surface area contributed by atoms with E-state index in [2.05, 4.69) is 24.1 Å². The lowest BCUT2D eigenvalue weighted by atomic mass is 10.1. The van der Waals surface area contributed by atoms with Crippen LogP contribution in [0.2, 0.25) is 0 Å². The van der Waals surface area contributed by atoms with Gasteiger partial charge in [-0.25, -0.2) is 12.7 Å². The molecule has 1 heterocycles. The van der Waals surface area contributed by atoms with Crippen LogP contribution in [0.25, 0.3) is 0 Å². The first-order valence-corrected chi connectivity index (χ1v) is 8.81. The number of sulfonamides is 1. The molecule has 6 heteroatoms. The maximum Gasteiger partial charge on any atom is 0.214 e. The van der Waals surface area contributed by atoms with E-state index < -0.39 is 10.0 Å². The molecule has 114 valence electrons. The summed E-state index contributed by atoms with van der Waals surface area (Å²) in [6, 6.07) is 1.06. The molecule has 1 aliphatic heterocycles. The van der Waals surface area contributed by atoms with Crippen LogP contribution in [0.1, 0.15) is 33.1 Å². The van der Waals surface area contributed by atoms with Gasteiger partial charge in [0.05, 0.1) is 5.75 Å². The van der Waals surface area contributed by atoms with Crippen molar-refractivity contribution in [2.75, 3.05) is 39.5 Å². The molecular formula is C13H29N3O2S. The Morgan fingerprint density at radius 1 is 1.26 bits per heavy atom. The fourth-order valence-corrected chi connectivity index (χ4v) is 3.15. The normalized spacial score (nSPS) is 22.9. The molecule has 1 rings (SSSR count). The van der Waals surface area contributed by atoms with E-state index >= 15 is 0 Å². The standard InChI is InChI=1S/C13H29N3O2S/c1-12(2)16-9-5-6-13(7-10-16)14-8-11-19(17,18)15(3)4/h12-14H,5-11H2,1-4H3. The fourth-order valence-electron chi connectivity index (χ4n) is 2.41. The second-order valence-electron chi connectivity index (χ2n) is 5.81. The summed E-state index contributed by atoms with van der Waals surface area (Å²) in [6.07, 6.45) is 3.45. The fraction of sp³-hybridized carbons (Fsp3) is 1.00. The van der Waals surface area contributed by atoms with Crippen molar-refractivity contribution in [3.8, 4) is 0 Å². The lowest BCUT2D eigenvalue weighted by Gasteiger charge is -2.24. The molecule has 1 atom stereocenters. The van der Waals surface area contributed by atoms with Crippen molar-refractivity contribution >= 4 is 10.0 Å². The van der Waals surface area contributed by atoms with E-state index in [9.17, 15) is 8.42 Å². The van der Waals surface area contributed by atoms with E-state index in [1.54, 1.807) is 14.1 Å². The summed E-state index contributed by atoms with van der Waals surface area (Å²) in [6.45, 7) is 7.28. The lowest BCUT2D eigenvalue weighted by Crippen LogP contribution is -2.37. The van der Waals surface area contributed by atoms with Gasteiger partial charge in [-0.15, -0.1) is 0 Å². The summed E-state index contributed by atoms with van der Waals surface area (Å²) < 4.78 is 24.6. The first-order chi connectivity index (χ1) is 8.83. The minimum Gasteiger partial charge on any atom is -0.313 e. The highest BCUT2D eigenvalue weighted by atomic mass is 32.2. The molecule has 1 fully saturated rings. The minimum atomic E-state index is -3.07. The van der Waals surface area contributed by atoms with E-state index in [1.165, 1.54) is 10.7 Å². The predicted molar refractivity (Wildman–Crippen MR) is 79.8 cm³/mol. The van der Waals surface area contributed by atoms with Crippen molar-refractivity contribution in [2.24, 2.45) is 0 Å². The van der Waals surface area contributed by atoms with Crippen molar-refractivity contribution in [3.05, 3.63) is 0 Å². The average Bonchev–Trinajstić information content (AvgIpc) is 2.54. The molecule has 0 aromatic carbocycles. The minimum absolute atomic E-state index is 0.185. The Kier molecular flexibility index (Phi) is 6.73. The second-order valence-corrected chi connectivity index (χ2v) is 8.11. The molecule has 5 nitrogen and oxygen atoms in total. The number of hydrogen-bond acceptors (Lipinski definition) is 4. The molecular weight excluding hydrogens is 262 g/mol. The first-order valence-electron chi connectivity index (χ1n) is 7.20. The summed E-state index contributed by atoms with van der Waals surface area (Å²) in [5.74, 6) is 0.185. The third-order valence-electron chi connectivity index (χ3n) is 3.84. The first kappa shape index (κ1) is 16.9. The number of hydrogen-bond donors (Lipinski definition) is 1. The molecule has 0 aliphatic carbocycles. The predicted octanol–water partition coefficient (Wildman–Crippen LogP) is 0.730. The van der Waals surface area contributed by atoms with Crippen LogP contribution in [0.3, 0.4) is 0 Å². The van der Waals surface area contributed by atoms with Crippen LogP contribution in [0.15, 0.2) is 0 Å². The van der Waals surface area contributed by atoms with E-state index in [1.807, 2.05) is 0 Å². The van der Waals surface area contributed by atoms with Crippen molar-refractivity contribution in [2.45, 2.75) is 45.2 Å². The summed E-state index contributed by atoms with van der Waals surface area (Å²) >= 11 is 0. The van der Waals surface area contributed by atoms with Crippen LogP contribution in [-0.2, 0) is 10.0 Å². The van der Waals surface area contributed by atoms with Gasteiger partial charge in [-0.2, -0.15) is 0 Å². The molecule has 0 amide bonds. The van der Waals surface area contributed by atoms with E-state index in [-0.39, 0.29) is 5.75 Å². The van der Waals surface area contributed by atoms with Crippen LogP contribution in [0, 0.1) is 0 Å². The lowest BCUT2D eigenvalue weighted by molar-refractivity contribution is 0.229. The topological polar surface area (TPSA) is 52.7 Å². The Balaban J connectivity index is 2.31. The zero-order chi connectivity index (χ0) is 14.5. The SMILES string of the molecule is CC(C)N1CCCC(NCCS(=O)(=O)N(C)C)CC1. The number of nitrogens with zero attached hydrogens (tertiary/aromatic N) is 2. The summed E-state index contributed by atoms with van der Waals surface area (Å²) in [4.78, 5) is 2.50. The molecule has 0 aromatic rings. The molecule has 0 aromatic heterocycles. The number of rotatable bonds is 6. The van der Waals surface area contributed by atoms with E-state index in [0.717, 1.165) is 25.9 Å². The summed E-state index contributed by atoms with van der Waals surface area (Å²) in [5.41, 5.74) is 0. The third kappa shape index (κ3) is 5.77. The van der Waals surface area contributed by atoms with Crippen molar-refractivity contribution in [3.63, 3.8) is 0 Å². The summed E-state index contributed by atoms with van der Waals surface area (Å²) in [7, 11) is 0.0977. The summed E-state index contributed by atoms with van der Waals surface area (Å²) in [5, 5.41) is 3.40. The molecule has 0 spiro atoms. The average molecular weight is 291 g/mol. The van der Waals surface area contributed by atoms with Gasteiger partial charge in [0.15, 0.2) is 0 Å². The van der Waals surface area contributed by atoms with Gasteiger partial charge < -0.3 is 10.2 Å². The van der Waals surface area contributed by atoms with Crippen LogP contribution in [0.5, 0.6) is 0 Å². The van der Waals surface area contributed by atoms with Gasteiger partial charge in [0, 0.05) is 32.7 Å². The van der Waals surface area contributed by atoms with Crippen molar-refractivity contribution in [1.29, 1.82) is 0 Å². The van der Waals surface area contributed by atoms with E-state index in [4.69, 9.17) is 0 Å². The maximum atomic E-state index is 11.7. The zero-order valence-corrected chi connectivity index (χ0v) is 13.5. The molecule has 0 saturated carbocycles. The Hall–Kier alpha value is -0.170. The van der Waals surface area contributed by atoms with Crippen molar-refractivity contribution in [1.82, 2.24) is 14.5 Å². The van der Waals surface area contributed by atoms with Crippen LogP contribution in [-0.4, -0.2) is 69.2 Å². The smallest absolute Gasteiger partial charge is 0.214 e. The Morgan fingerprint density at radius 3 is 2.53 bits per heavy atom. The highest BCUT2D eigenvalue weighted by Gasteiger charge is 2.19. The monoisotopic (exact) mass is 291 g/mol. The van der Waals surface area contributed by atoms with Gasteiger partial charge in [0.2, 0.25) is 10.0 Å². The van der Waals surface area contributed by atoms with E-state index in [0.29, 0.717) is 18.6 Å². The zero-order valence-electron chi connectivity index (χ0n) is 12.7. The number of likely N-dealkylation sites (tertiary alicyclic amines) is 1. The Labute approximate surface area is 118 Å². The highest BCUT2D eigenvalue weighted by Crippen LogP contribution is 2.13. The molecule has 0 bridgehead atoms. The Morgan fingerprint density at radius 2 is 1.95 bits per heavy atom. The number of nitrogens with one attached hydrogen (secondary N) is 1. The Bertz CT molecular complexity index is 355. The van der Waals surface area contributed by atoms with Crippen LogP contribution < -0.4 is 5.32 Å². The van der Waals surface area contributed by atoms with Gasteiger partial charge >= 0.3 is 0 Å². The second kappa shape index (κ2) is 7.57. The molecule has 0 radical (unpaired) electrons. The maximum absolute atomic E-state index is 11.7. The molecule has 1 aliphatic rings. The largest absolute Gasteiger partial charge is 0.313 e. The highest BCUT2D eigenvalue weighted by molar-refractivity contribution is 7.89. The van der Waals surface area contributed by atoms with Gasteiger partial charge in [-0.3, -0.25) is 0 Å². The van der Waals surface area contributed by atoms with Crippen molar-refractivity contribution < 1.29 is 8.42 Å². The molecule has 1 N–H and O–H groups in total. The molecule has 1 unspecified atom stereocenters.